The Bertz CT molecular complexity index is 912. The molecule has 1 heterocycles. The monoisotopic (exact) mass is 367 g/mol. The van der Waals surface area contributed by atoms with Gasteiger partial charge in [-0.3, -0.25) is 4.99 Å². The number of hydrogen-bond acceptors (Lipinski definition) is 5. The van der Waals surface area contributed by atoms with Crippen LogP contribution in [0.15, 0.2) is 70.1 Å². The van der Waals surface area contributed by atoms with Crippen LogP contribution in [0.1, 0.15) is 5.56 Å². The maximum atomic E-state index is 5.20. The predicted molar refractivity (Wildman–Crippen MR) is 106 cm³/mol. The number of thiazole rings is 1. The van der Waals surface area contributed by atoms with Gasteiger partial charge in [-0.1, -0.05) is 30.3 Å². The summed E-state index contributed by atoms with van der Waals surface area (Å²) in [7, 11) is 3.33. The van der Waals surface area contributed by atoms with E-state index in [4.69, 9.17) is 9.47 Å². The third kappa shape index (κ3) is 4.47. The highest BCUT2D eigenvalue weighted by atomic mass is 32.1. The molecule has 0 atom stereocenters. The Hall–Kier alpha value is -2.70. The third-order valence-electron chi connectivity index (χ3n) is 3.74. The van der Waals surface area contributed by atoms with E-state index in [1.165, 1.54) is 0 Å². The molecule has 134 valence electrons. The summed E-state index contributed by atoms with van der Waals surface area (Å²) in [6.45, 7) is 1.18. The van der Waals surface area contributed by atoms with Crippen LogP contribution in [0, 0.1) is 0 Å². The molecule has 0 N–H and O–H groups in total. The lowest BCUT2D eigenvalue weighted by atomic mass is 10.2. The van der Waals surface area contributed by atoms with Gasteiger partial charge in [0.2, 0.25) is 4.80 Å². The number of aromatic nitrogens is 1. The van der Waals surface area contributed by atoms with Gasteiger partial charge in [0, 0.05) is 18.1 Å². The van der Waals surface area contributed by atoms with Crippen LogP contribution in [0.25, 0.3) is 11.3 Å². The van der Waals surface area contributed by atoms with Gasteiger partial charge < -0.3 is 9.47 Å². The van der Waals surface area contributed by atoms with Gasteiger partial charge in [0.1, 0.15) is 5.75 Å². The van der Waals surface area contributed by atoms with Gasteiger partial charge in [0.15, 0.2) is 0 Å². The molecular weight excluding hydrogens is 346 g/mol. The van der Waals surface area contributed by atoms with Crippen molar-refractivity contribution in [2.75, 3.05) is 27.4 Å². The molecule has 0 bridgehead atoms. The zero-order valence-electron chi connectivity index (χ0n) is 14.8. The zero-order chi connectivity index (χ0) is 18.2. The predicted octanol–water partition coefficient (Wildman–Crippen LogP) is 3.65. The van der Waals surface area contributed by atoms with Crippen LogP contribution in [-0.4, -0.2) is 38.3 Å². The molecule has 0 spiro atoms. The summed E-state index contributed by atoms with van der Waals surface area (Å²) in [6, 6.07) is 18.0. The largest absolute Gasteiger partial charge is 0.497 e. The molecule has 0 aliphatic carbocycles. The van der Waals surface area contributed by atoms with Crippen molar-refractivity contribution >= 4 is 17.6 Å². The minimum atomic E-state index is 0.584. The van der Waals surface area contributed by atoms with E-state index in [2.05, 4.69) is 27.6 Å². The zero-order valence-corrected chi connectivity index (χ0v) is 15.6. The van der Waals surface area contributed by atoms with Crippen LogP contribution in [0.3, 0.4) is 0 Å². The van der Waals surface area contributed by atoms with E-state index in [9.17, 15) is 0 Å². The molecule has 2 aromatic carbocycles. The molecule has 0 aliphatic rings. The topological polar surface area (TPSA) is 48.1 Å². The maximum Gasteiger partial charge on any atom is 0.206 e. The number of nitrogens with zero attached hydrogens (tertiary/aromatic N) is 3. The molecule has 0 saturated heterocycles. The van der Waals surface area contributed by atoms with E-state index >= 15 is 0 Å². The first-order valence-corrected chi connectivity index (χ1v) is 9.13. The first-order chi connectivity index (χ1) is 12.8. The Kier molecular flexibility index (Phi) is 6.35. The van der Waals surface area contributed by atoms with E-state index in [1.807, 2.05) is 53.4 Å². The van der Waals surface area contributed by atoms with Crippen molar-refractivity contribution in [1.29, 1.82) is 0 Å². The van der Waals surface area contributed by atoms with Gasteiger partial charge in [0.25, 0.3) is 0 Å². The van der Waals surface area contributed by atoms with Crippen LogP contribution < -0.4 is 9.54 Å². The van der Waals surface area contributed by atoms with Crippen molar-refractivity contribution in [2.45, 2.75) is 0 Å². The molecule has 0 radical (unpaired) electrons. The summed E-state index contributed by atoms with van der Waals surface area (Å²) < 4.78 is 12.2. The number of methoxy groups -OCH3 is 2. The Labute approximate surface area is 156 Å². The van der Waals surface area contributed by atoms with E-state index in [-0.39, 0.29) is 0 Å². The summed E-state index contributed by atoms with van der Waals surface area (Å²) in [4.78, 5) is 5.44. The van der Waals surface area contributed by atoms with Gasteiger partial charge in [0.05, 0.1) is 32.2 Å². The standard InChI is InChI=1S/C20H21N3O2S/c1-24-13-12-21-20-23(19(15-26-20)17-6-4-3-5-7-17)22-14-16-8-10-18(25-2)11-9-16/h3-11,14-15H,12-13H2,1-2H3/b21-20?,22-14-. The van der Waals surface area contributed by atoms with E-state index in [0.717, 1.165) is 27.4 Å². The Morgan fingerprint density at radius 2 is 1.81 bits per heavy atom. The lowest BCUT2D eigenvalue weighted by Crippen LogP contribution is -2.13. The Morgan fingerprint density at radius 3 is 2.50 bits per heavy atom. The van der Waals surface area contributed by atoms with E-state index in [0.29, 0.717) is 13.2 Å². The van der Waals surface area contributed by atoms with Gasteiger partial charge in [-0.2, -0.15) is 5.10 Å². The summed E-state index contributed by atoms with van der Waals surface area (Å²) in [5, 5.41) is 6.75. The van der Waals surface area contributed by atoms with Crippen LogP contribution >= 0.6 is 11.3 Å². The molecule has 0 fully saturated rings. The van der Waals surface area contributed by atoms with Gasteiger partial charge in [-0.05, 0) is 29.8 Å². The SMILES string of the molecule is COCCN=c1scc(-c2ccccc2)n1/N=C\c1ccc(OC)cc1. The average Bonchev–Trinajstić information content (AvgIpc) is 3.10. The highest BCUT2D eigenvalue weighted by molar-refractivity contribution is 7.07. The van der Waals surface area contributed by atoms with Crippen LogP contribution in [0.2, 0.25) is 0 Å². The molecule has 3 aromatic rings. The minimum Gasteiger partial charge on any atom is -0.497 e. The van der Waals surface area contributed by atoms with Crippen molar-refractivity contribution in [2.24, 2.45) is 10.1 Å². The summed E-state index contributed by atoms with van der Waals surface area (Å²) in [5.41, 5.74) is 3.10. The first kappa shape index (κ1) is 18.1. The van der Waals surface area contributed by atoms with Crippen molar-refractivity contribution in [3.63, 3.8) is 0 Å². The highest BCUT2D eigenvalue weighted by Gasteiger charge is 2.06. The fourth-order valence-corrected chi connectivity index (χ4v) is 3.24. The Balaban J connectivity index is 1.97. The van der Waals surface area contributed by atoms with Crippen molar-refractivity contribution in [3.8, 4) is 17.0 Å². The second-order valence-corrected chi connectivity index (χ2v) is 6.31. The van der Waals surface area contributed by atoms with Gasteiger partial charge in [-0.15, -0.1) is 11.3 Å². The fourth-order valence-electron chi connectivity index (χ4n) is 2.37. The molecule has 0 unspecified atom stereocenters. The van der Waals surface area contributed by atoms with Crippen molar-refractivity contribution in [1.82, 2.24) is 4.68 Å². The molecule has 0 saturated carbocycles. The van der Waals surface area contributed by atoms with Crippen molar-refractivity contribution < 1.29 is 9.47 Å². The fraction of sp³-hybridized carbons (Fsp3) is 0.200. The molecule has 1 aromatic heterocycles. The first-order valence-electron chi connectivity index (χ1n) is 8.25. The summed E-state index contributed by atoms with van der Waals surface area (Å²) >= 11 is 1.57. The minimum absolute atomic E-state index is 0.584. The van der Waals surface area contributed by atoms with E-state index in [1.54, 1.807) is 25.6 Å². The van der Waals surface area contributed by atoms with Gasteiger partial charge >= 0.3 is 0 Å². The number of benzene rings is 2. The van der Waals surface area contributed by atoms with E-state index < -0.39 is 0 Å². The quantitative estimate of drug-likeness (QED) is 0.473. The maximum absolute atomic E-state index is 5.20. The molecule has 0 aliphatic heterocycles. The highest BCUT2D eigenvalue weighted by Crippen LogP contribution is 2.19. The lowest BCUT2D eigenvalue weighted by molar-refractivity contribution is 0.207. The number of ether oxygens (including phenoxy) is 2. The molecule has 0 amide bonds. The summed E-state index contributed by atoms with van der Waals surface area (Å²) in [6.07, 6.45) is 1.83. The van der Waals surface area contributed by atoms with Crippen LogP contribution in [-0.2, 0) is 4.74 Å². The Morgan fingerprint density at radius 1 is 1.04 bits per heavy atom. The van der Waals surface area contributed by atoms with Crippen LogP contribution in [0.4, 0.5) is 0 Å². The normalized spacial score (nSPS) is 12.0. The molecule has 5 nitrogen and oxygen atoms in total. The molecular formula is C20H21N3O2S. The number of rotatable bonds is 7. The second kappa shape index (κ2) is 9.12. The third-order valence-corrected chi connectivity index (χ3v) is 4.59. The van der Waals surface area contributed by atoms with Gasteiger partial charge in [-0.25, -0.2) is 4.68 Å². The molecule has 26 heavy (non-hydrogen) atoms. The summed E-state index contributed by atoms with van der Waals surface area (Å²) in [5.74, 6) is 0.825. The van der Waals surface area contributed by atoms with Crippen LogP contribution in [0.5, 0.6) is 5.75 Å². The lowest BCUT2D eigenvalue weighted by Gasteiger charge is -2.04. The molecule has 6 heteroatoms. The smallest absolute Gasteiger partial charge is 0.206 e. The molecule has 3 rings (SSSR count). The average molecular weight is 367 g/mol. The van der Waals surface area contributed by atoms with Crippen molar-refractivity contribution in [3.05, 3.63) is 70.3 Å². The number of hydrogen-bond donors (Lipinski definition) is 0. The second-order valence-electron chi connectivity index (χ2n) is 5.47.